The molecule has 3 nitrogen and oxygen atoms in total. The molecule has 0 saturated carbocycles. The minimum atomic E-state index is -4.81. The highest BCUT2D eigenvalue weighted by Crippen LogP contribution is 2.34. The van der Waals surface area contributed by atoms with Crippen molar-refractivity contribution >= 4 is 33.2 Å². The van der Waals surface area contributed by atoms with Crippen molar-refractivity contribution < 1.29 is 17.9 Å². The molecule has 0 atom stereocenters. The van der Waals surface area contributed by atoms with Gasteiger partial charge in [0.25, 0.3) is 0 Å². The summed E-state index contributed by atoms with van der Waals surface area (Å²) in [6, 6.07) is 0.981. The summed E-state index contributed by atoms with van der Waals surface area (Å²) in [5, 5.41) is -0.251. The second-order valence-electron chi connectivity index (χ2n) is 2.20. The molecule has 0 amide bonds. The Hall–Kier alpha value is -0.690. The summed E-state index contributed by atoms with van der Waals surface area (Å²) in [4.78, 5) is 3.57. The minimum Gasteiger partial charge on any atom is -0.403 e. The van der Waals surface area contributed by atoms with Crippen molar-refractivity contribution in [2.75, 3.05) is 5.73 Å². The molecule has 2 N–H and O–H groups in total. The summed E-state index contributed by atoms with van der Waals surface area (Å²) in [6.07, 6.45) is -4.81. The fourth-order valence-electron chi connectivity index (χ4n) is 0.683. The van der Waals surface area contributed by atoms with Gasteiger partial charge in [-0.1, -0.05) is 11.6 Å². The van der Waals surface area contributed by atoms with Gasteiger partial charge in [0.2, 0.25) is 0 Å². The molecule has 0 aliphatic heterocycles. The predicted octanol–water partition coefficient (Wildman–Crippen LogP) is 2.98. The van der Waals surface area contributed by atoms with E-state index in [0.717, 1.165) is 6.07 Å². The van der Waals surface area contributed by atoms with Crippen LogP contribution in [0.25, 0.3) is 0 Å². The maximum Gasteiger partial charge on any atom is 0.573 e. The number of hydrogen-bond acceptors (Lipinski definition) is 3. The van der Waals surface area contributed by atoms with Crippen LogP contribution in [-0.2, 0) is 0 Å². The quantitative estimate of drug-likeness (QED) is 0.809. The highest BCUT2D eigenvalue weighted by atomic mass is 79.9. The maximum absolute atomic E-state index is 11.8. The zero-order valence-electron chi connectivity index (χ0n) is 6.40. The summed E-state index contributed by atoms with van der Waals surface area (Å²) >= 11 is 8.29. The standard InChI is InChI=1S/C6H3BrClF3N2O/c7-3-1-2(14-6(9,10)11)4(12)5(8)13-3/h1H,12H2. The summed E-state index contributed by atoms with van der Waals surface area (Å²) in [5.74, 6) is -0.579. The molecular weight excluding hydrogens is 288 g/mol. The Morgan fingerprint density at radius 2 is 2.07 bits per heavy atom. The summed E-state index contributed by atoms with van der Waals surface area (Å²) < 4.78 is 39.2. The molecule has 14 heavy (non-hydrogen) atoms. The van der Waals surface area contributed by atoms with Gasteiger partial charge in [-0.05, 0) is 15.9 Å². The molecule has 0 spiro atoms. The number of pyridine rings is 1. The van der Waals surface area contributed by atoms with Crippen LogP contribution in [0, 0.1) is 0 Å². The van der Waals surface area contributed by atoms with Gasteiger partial charge in [0, 0.05) is 6.07 Å². The van der Waals surface area contributed by atoms with Crippen molar-refractivity contribution in [1.82, 2.24) is 4.98 Å². The minimum absolute atomic E-state index is 0.107. The van der Waals surface area contributed by atoms with Gasteiger partial charge in [-0.2, -0.15) is 0 Å². The molecular formula is C6H3BrClF3N2O. The third kappa shape index (κ3) is 2.91. The van der Waals surface area contributed by atoms with E-state index < -0.39 is 12.1 Å². The van der Waals surface area contributed by atoms with Crippen molar-refractivity contribution in [3.05, 3.63) is 15.8 Å². The largest absolute Gasteiger partial charge is 0.573 e. The van der Waals surface area contributed by atoms with Gasteiger partial charge in [-0.3, -0.25) is 0 Å². The molecule has 8 heteroatoms. The number of alkyl halides is 3. The number of aromatic nitrogens is 1. The van der Waals surface area contributed by atoms with Gasteiger partial charge in [0.05, 0.1) is 0 Å². The average Bonchev–Trinajstić information content (AvgIpc) is 1.96. The number of nitrogens with zero attached hydrogens (tertiary/aromatic N) is 1. The van der Waals surface area contributed by atoms with Crippen LogP contribution in [-0.4, -0.2) is 11.3 Å². The van der Waals surface area contributed by atoms with Crippen molar-refractivity contribution in [3.63, 3.8) is 0 Å². The van der Waals surface area contributed by atoms with Crippen LogP contribution in [0.5, 0.6) is 5.75 Å². The highest BCUT2D eigenvalue weighted by Gasteiger charge is 2.32. The van der Waals surface area contributed by atoms with Crippen LogP contribution in [0.4, 0.5) is 18.9 Å². The van der Waals surface area contributed by atoms with Gasteiger partial charge >= 0.3 is 6.36 Å². The van der Waals surface area contributed by atoms with Crippen molar-refractivity contribution in [3.8, 4) is 5.75 Å². The normalized spacial score (nSPS) is 11.5. The zero-order valence-corrected chi connectivity index (χ0v) is 8.74. The molecule has 0 aliphatic rings. The van der Waals surface area contributed by atoms with Gasteiger partial charge < -0.3 is 10.5 Å². The lowest BCUT2D eigenvalue weighted by atomic mass is 10.4. The Kier molecular flexibility index (Phi) is 3.10. The first kappa shape index (κ1) is 11.4. The van der Waals surface area contributed by atoms with Gasteiger partial charge in [-0.15, -0.1) is 13.2 Å². The third-order valence-electron chi connectivity index (χ3n) is 1.17. The molecule has 0 bridgehead atoms. The van der Waals surface area contributed by atoms with Crippen LogP contribution in [0.3, 0.4) is 0 Å². The molecule has 1 aromatic rings. The Morgan fingerprint density at radius 1 is 1.50 bits per heavy atom. The number of rotatable bonds is 1. The number of nitrogen functional groups attached to an aromatic ring is 1. The number of ether oxygens (including phenoxy) is 1. The molecule has 0 aliphatic carbocycles. The van der Waals surface area contributed by atoms with Crippen LogP contribution < -0.4 is 10.5 Å². The molecule has 1 rings (SSSR count). The van der Waals surface area contributed by atoms with Crippen molar-refractivity contribution in [1.29, 1.82) is 0 Å². The molecule has 0 radical (unpaired) electrons. The number of nitrogens with two attached hydrogens (primary N) is 1. The van der Waals surface area contributed by atoms with Crippen LogP contribution in [0.2, 0.25) is 5.15 Å². The van der Waals surface area contributed by atoms with E-state index in [-0.39, 0.29) is 15.4 Å². The Bertz CT molecular complexity index is 358. The molecule has 0 unspecified atom stereocenters. The smallest absolute Gasteiger partial charge is 0.403 e. The molecule has 0 fully saturated rings. The SMILES string of the molecule is Nc1c(OC(F)(F)F)cc(Br)nc1Cl. The van der Waals surface area contributed by atoms with Crippen molar-refractivity contribution in [2.24, 2.45) is 0 Å². The maximum atomic E-state index is 11.8. The van der Waals surface area contributed by atoms with E-state index in [4.69, 9.17) is 17.3 Å². The first-order chi connectivity index (χ1) is 6.29. The fourth-order valence-corrected chi connectivity index (χ4v) is 1.35. The van der Waals surface area contributed by atoms with E-state index in [2.05, 4.69) is 25.7 Å². The van der Waals surface area contributed by atoms with Crippen molar-refractivity contribution in [2.45, 2.75) is 6.36 Å². The number of anilines is 1. The van der Waals surface area contributed by atoms with E-state index in [1.807, 2.05) is 0 Å². The lowest BCUT2D eigenvalue weighted by Gasteiger charge is -2.11. The topological polar surface area (TPSA) is 48.1 Å². The Balaban J connectivity index is 3.09. The van der Waals surface area contributed by atoms with E-state index >= 15 is 0 Å². The van der Waals surface area contributed by atoms with Gasteiger partial charge in [0.15, 0.2) is 10.9 Å². The predicted molar refractivity (Wildman–Crippen MR) is 48.0 cm³/mol. The van der Waals surface area contributed by atoms with Gasteiger partial charge in [-0.25, -0.2) is 4.98 Å². The first-order valence-corrected chi connectivity index (χ1v) is 4.34. The number of halogens is 5. The highest BCUT2D eigenvalue weighted by molar-refractivity contribution is 9.10. The number of hydrogen-bond donors (Lipinski definition) is 1. The lowest BCUT2D eigenvalue weighted by Crippen LogP contribution is -2.18. The summed E-state index contributed by atoms with van der Waals surface area (Å²) in [6.45, 7) is 0. The van der Waals surface area contributed by atoms with Crippen LogP contribution in [0.1, 0.15) is 0 Å². The summed E-state index contributed by atoms with van der Waals surface area (Å²) in [7, 11) is 0. The second-order valence-corrected chi connectivity index (χ2v) is 3.37. The second kappa shape index (κ2) is 3.82. The fraction of sp³-hybridized carbons (Fsp3) is 0.167. The molecule has 0 saturated heterocycles. The van der Waals surface area contributed by atoms with Gasteiger partial charge in [0.1, 0.15) is 10.3 Å². The third-order valence-corrected chi connectivity index (χ3v) is 1.86. The lowest BCUT2D eigenvalue weighted by molar-refractivity contribution is -0.274. The molecule has 78 valence electrons. The first-order valence-electron chi connectivity index (χ1n) is 3.17. The van der Waals surface area contributed by atoms with Crippen LogP contribution in [0.15, 0.2) is 10.7 Å². The molecule has 0 aromatic carbocycles. The monoisotopic (exact) mass is 290 g/mol. The molecule has 1 aromatic heterocycles. The zero-order chi connectivity index (χ0) is 10.9. The van der Waals surface area contributed by atoms with E-state index in [9.17, 15) is 13.2 Å². The molecule has 1 heterocycles. The van der Waals surface area contributed by atoms with E-state index in [0.29, 0.717) is 0 Å². The van der Waals surface area contributed by atoms with E-state index in [1.165, 1.54) is 0 Å². The summed E-state index contributed by atoms with van der Waals surface area (Å²) in [5.41, 5.74) is 4.86. The van der Waals surface area contributed by atoms with E-state index in [1.54, 1.807) is 0 Å². The Morgan fingerprint density at radius 3 is 2.57 bits per heavy atom. The average molecular weight is 291 g/mol. The Labute approximate surface area is 90.1 Å². The van der Waals surface area contributed by atoms with Crippen LogP contribution >= 0.6 is 27.5 Å².